The predicted octanol–water partition coefficient (Wildman–Crippen LogP) is 4.88. The Balaban J connectivity index is 2.21. The number of benzene rings is 2. The van der Waals surface area contributed by atoms with E-state index in [-0.39, 0.29) is 17.1 Å². The number of pyridine rings is 1. The third kappa shape index (κ3) is 3.00. The number of hydrogen-bond acceptors (Lipinski definition) is 4. The first kappa shape index (κ1) is 16.1. The van der Waals surface area contributed by atoms with Gasteiger partial charge in [0.25, 0.3) is 0 Å². The van der Waals surface area contributed by atoms with E-state index < -0.39 is 0 Å². The average Bonchev–Trinajstić information content (AvgIpc) is 2.57. The molecule has 0 aliphatic carbocycles. The summed E-state index contributed by atoms with van der Waals surface area (Å²) >= 11 is 12.0. The molecule has 0 saturated heterocycles. The summed E-state index contributed by atoms with van der Waals surface area (Å²) in [6, 6.07) is 15.5. The Kier molecular flexibility index (Phi) is 4.30. The molecule has 0 spiro atoms. The van der Waals surface area contributed by atoms with E-state index in [1.165, 1.54) is 0 Å². The molecule has 0 saturated carbocycles. The second-order valence-corrected chi connectivity index (χ2v) is 5.92. The summed E-state index contributed by atoms with van der Waals surface area (Å²) in [4.78, 5) is 4.29. The van der Waals surface area contributed by atoms with Gasteiger partial charge in [-0.2, -0.15) is 5.26 Å². The number of aromatic hydroxyl groups is 1. The van der Waals surface area contributed by atoms with Gasteiger partial charge in [0.2, 0.25) is 0 Å². The number of nitrogens with zero attached hydrogens (tertiary/aromatic N) is 2. The molecule has 24 heavy (non-hydrogen) atoms. The molecule has 3 N–H and O–H groups in total. The summed E-state index contributed by atoms with van der Waals surface area (Å²) in [6.07, 6.45) is 0. The van der Waals surface area contributed by atoms with E-state index in [0.717, 1.165) is 11.1 Å². The number of nitriles is 1. The third-order valence-corrected chi connectivity index (χ3v) is 4.29. The van der Waals surface area contributed by atoms with Crippen LogP contribution in [0.1, 0.15) is 5.56 Å². The van der Waals surface area contributed by atoms with E-state index in [2.05, 4.69) is 11.1 Å². The smallest absolute Gasteiger partial charge is 0.142 e. The van der Waals surface area contributed by atoms with Crippen molar-refractivity contribution in [2.45, 2.75) is 0 Å². The molecule has 6 heteroatoms. The standard InChI is InChI=1S/C18H11Cl2N3O/c19-15-6-3-11(7-16(15)20)17-8-13(14(9-21)18(22)23-17)10-1-4-12(24)5-2-10/h1-8,24H,(H2,22,23). The number of anilines is 1. The van der Waals surface area contributed by atoms with Crippen LogP contribution in [0.2, 0.25) is 10.0 Å². The molecule has 1 aromatic heterocycles. The van der Waals surface area contributed by atoms with Gasteiger partial charge in [-0.15, -0.1) is 0 Å². The lowest BCUT2D eigenvalue weighted by Crippen LogP contribution is -1.99. The Morgan fingerprint density at radius 1 is 0.958 bits per heavy atom. The second-order valence-electron chi connectivity index (χ2n) is 5.10. The predicted molar refractivity (Wildman–Crippen MR) is 95.9 cm³/mol. The molecule has 0 radical (unpaired) electrons. The number of hydrogen-bond donors (Lipinski definition) is 2. The third-order valence-electron chi connectivity index (χ3n) is 3.55. The minimum atomic E-state index is 0.129. The average molecular weight is 356 g/mol. The molecule has 4 nitrogen and oxygen atoms in total. The Morgan fingerprint density at radius 2 is 1.62 bits per heavy atom. The van der Waals surface area contributed by atoms with Crippen LogP contribution in [0.5, 0.6) is 5.75 Å². The second kappa shape index (κ2) is 6.40. The molecular weight excluding hydrogens is 345 g/mol. The van der Waals surface area contributed by atoms with E-state index in [0.29, 0.717) is 21.3 Å². The number of phenolic OH excluding ortho intramolecular Hbond substituents is 1. The van der Waals surface area contributed by atoms with Crippen LogP contribution in [0.25, 0.3) is 22.4 Å². The van der Waals surface area contributed by atoms with Crippen LogP contribution in [-0.4, -0.2) is 10.1 Å². The maximum atomic E-state index is 9.44. The lowest BCUT2D eigenvalue weighted by atomic mass is 9.98. The number of aromatic nitrogens is 1. The van der Waals surface area contributed by atoms with Crippen LogP contribution in [0, 0.1) is 11.3 Å². The van der Waals surface area contributed by atoms with E-state index >= 15 is 0 Å². The van der Waals surface area contributed by atoms with Gasteiger partial charge in [0.1, 0.15) is 23.2 Å². The van der Waals surface area contributed by atoms with Gasteiger partial charge in [0.15, 0.2) is 0 Å². The van der Waals surface area contributed by atoms with Gasteiger partial charge in [-0.1, -0.05) is 41.4 Å². The van der Waals surface area contributed by atoms with E-state index in [1.54, 1.807) is 48.5 Å². The SMILES string of the molecule is N#Cc1c(-c2ccc(O)cc2)cc(-c2ccc(Cl)c(Cl)c2)nc1N. The van der Waals surface area contributed by atoms with E-state index in [4.69, 9.17) is 28.9 Å². The molecule has 3 aromatic rings. The van der Waals surface area contributed by atoms with Crippen molar-refractivity contribution in [3.05, 3.63) is 64.1 Å². The first-order valence-electron chi connectivity index (χ1n) is 6.95. The van der Waals surface area contributed by atoms with Crippen LogP contribution in [0.4, 0.5) is 5.82 Å². The highest BCUT2D eigenvalue weighted by Crippen LogP contribution is 2.33. The number of rotatable bonds is 2. The normalized spacial score (nSPS) is 10.4. The van der Waals surface area contributed by atoms with Crippen molar-refractivity contribution in [1.82, 2.24) is 4.98 Å². The summed E-state index contributed by atoms with van der Waals surface area (Å²) in [5.41, 5.74) is 8.94. The first-order valence-corrected chi connectivity index (χ1v) is 7.70. The van der Waals surface area contributed by atoms with Gasteiger partial charge in [0.05, 0.1) is 15.7 Å². The van der Waals surface area contributed by atoms with Crippen LogP contribution in [-0.2, 0) is 0 Å². The molecule has 0 atom stereocenters. The Bertz CT molecular complexity index is 963. The topological polar surface area (TPSA) is 82.9 Å². The quantitative estimate of drug-likeness (QED) is 0.685. The van der Waals surface area contributed by atoms with Crippen molar-refractivity contribution in [3.8, 4) is 34.2 Å². The van der Waals surface area contributed by atoms with Crippen molar-refractivity contribution in [2.24, 2.45) is 0 Å². The minimum absolute atomic E-state index is 0.129. The van der Waals surface area contributed by atoms with Gasteiger partial charge in [0, 0.05) is 11.1 Å². The molecule has 2 aromatic carbocycles. The summed E-state index contributed by atoms with van der Waals surface area (Å²) in [6.45, 7) is 0. The Morgan fingerprint density at radius 3 is 2.25 bits per heavy atom. The van der Waals surface area contributed by atoms with Crippen molar-refractivity contribution in [1.29, 1.82) is 5.26 Å². The van der Waals surface area contributed by atoms with Crippen LogP contribution >= 0.6 is 23.2 Å². The highest BCUT2D eigenvalue weighted by Gasteiger charge is 2.14. The fourth-order valence-electron chi connectivity index (χ4n) is 2.35. The fourth-order valence-corrected chi connectivity index (χ4v) is 2.65. The molecule has 3 rings (SSSR count). The molecular formula is C18H11Cl2N3O. The molecule has 118 valence electrons. The highest BCUT2D eigenvalue weighted by molar-refractivity contribution is 6.42. The van der Waals surface area contributed by atoms with E-state index in [9.17, 15) is 10.4 Å². The monoisotopic (exact) mass is 355 g/mol. The summed E-state index contributed by atoms with van der Waals surface area (Å²) < 4.78 is 0. The fraction of sp³-hybridized carbons (Fsp3) is 0. The van der Waals surface area contributed by atoms with Gasteiger partial charge >= 0.3 is 0 Å². The largest absolute Gasteiger partial charge is 0.508 e. The highest BCUT2D eigenvalue weighted by atomic mass is 35.5. The number of phenols is 1. The van der Waals surface area contributed by atoms with Gasteiger partial charge in [-0.05, 0) is 35.9 Å². The molecule has 1 heterocycles. The van der Waals surface area contributed by atoms with E-state index in [1.807, 2.05) is 0 Å². The Labute approximate surface area is 148 Å². The maximum Gasteiger partial charge on any atom is 0.142 e. The number of halogens is 2. The number of nitrogens with two attached hydrogens (primary N) is 1. The van der Waals surface area contributed by atoms with Gasteiger partial charge < -0.3 is 10.8 Å². The van der Waals surface area contributed by atoms with Crippen molar-refractivity contribution in [3.63, 3.8) is 0 Å². The molecule has 0 fully saturated rings. The lowest BCUT2D eigenvalue weighted by Gasteiger charge is -2.11. The van der Waals surface area contributed by atoms with Gasteiger partial charge in [-0.3, -0.25) is 0 Å². The van der Waals surface area contributed by atoms with Crippen LogP contribution < -0.4 is 5.73 Å². The molecule has 0 aliphatic heterocycles. The zero-order chi connectivity index (χ0) is 17.3. The molecule has 0 amide bonds. The Hall–Kier alpha value is -2.74. The van der Waals surface area contributed by atoms with Gasteiger partial charge in [-0.25, -0.2) is 4.98 Å². The van der Waals surface area contributed by atoms with Crippen molar-refractivity contribution >= 4 is 29.0 Å². The zero-order valence-corrected chi connectivity index (χ0v) is 13.8. The van der Waals surface area contributed by atoms with Crippen LogP contribution in [0.3, 0.4) is 0 Å². The zero-order valence-electron chi connectivity index (χ0n) is 12.3. The lowest BCUT2D eigenvalue weighted by molar-refractivity contribution is 0.475. The molecule has 0 unspecified atom stereocenters. The first-order chi connectivity index (χ1) is 11.5. The van der Waals surface area contributed by atoms with Crippen molar-refractivity contribution < 1.29 is 5.11 Å². The van der Waals surface area contributed by atoms with Crippen LogP contribution in [0.15, 0.2) is 48.5 Å². The van der Waals surface area contributed by atoms with Crippen molar-refractivity contribution in [2.75, 3.05) is 5.73 Å². The summed E-state index contributed by atoms with van der Waals surface area (Å²) in [5.74, 6) is 0.271. The number of nitrogen functional groups attached to an aromatic ring is 1. The summed E-state index contributed by atoms with van der Waals surface area (Å²) in [5, 5.41) is 19.7. The molecule has 0 aliphatic rings. The maximum absolute atomic E-state index is 9.44. The molecule has 0 bridgehead atoms. The minimum Gasteiger partial charge on any atom is -0.508 e. The summed E-state index contributed by atoms with van der Waals surface area (Å²) in [7, 11) is 0.